The fourth-order valence-electron chi connectivity index (χ4n) is 3.81. The van der Waals surface area contributed by atoms with Gasteiger partial charge in [-0.2, -0.15) is 0 Å². The van der Waals surface area contributed by atoms with Crippen LogP contribution in [0.15, 0.2) is 46.6 Å². The first-order valence-electron chi connectivity index (χ1n) is 8.13. The molecular weight excluding hydrogens is 585 g/mol. The van der Waals surface area contributed by atoms with E-state index in [9.17, 15) is 0 Å². The molecule has 0 aromatic rings. The van der Waals surface area contributed by atoms with Crippen LogP contribution < -0.4 is 48.0 Å². The van der Waals surface area contributed by atoms with Crippen LogP contribution in [0.5, 0.6) is 0 Å². The summed E-state index contributed by atoms with van der Waals surface area (Å²) in [5.41, 5.74) is 6.27. The molecule has 0 aromatic carbocycles. The fourth-order valence-corrected chi connectivity index (χ4v) is 3.81. The summed E-state index contributed by atoms with van der Waals surface area (Å²) in [6.07, 6.45) is 21.9. The zero-order chi connectivity index (χ0) is 13.9. The second-order valence-corrected chi connectivity index (χ2v) is 6.72. The summed E-state index contributed by atoms with van der Waals surface area (Å²) in [7, 11) is 0. The predicted octanol–water partition coefficient (Wildman–Crippen LogP) is -0.240. The van der Waals surface area contributed by atoms with Crippen molar-refractivity contribution in [2.24, 2.45) is 11.8 Å². The summed E-state index contributed by atoms with van der Waals surface area (Å²) in [6.45, 7) is 4.46. The third kappa shape index (κ3) is 6.69. The van der Waals surface area contributed by atoms with Crippen LogP contribution in [0.3, 0.4) is 0 Å². The van der Waals surface area contributed by atoms with E-state index < -0.39 is 0 Å². The van der Waals surface area contributed by atoms with Gasteiger partial charge in [-0.15, -0.1) is 25.0 Å². The van der Waals surface area contributed by atoms with Crippen LogP contribution in [0.25, 0.3) is 0 Å². The number of hydrogen-bond acceptors (Lipinski definition) is 0. The van der Waals surface area contributed by atoms with Gasteiger partial charge in [-0.05, 0) is 38.5 Å². The average Bonchev–Trinajstić information content (AvgIpc) is 3.06. The first-order chi connectivity index (χ1) is 9.72. The number of rotatable bonds is 0. The van der Waals surface area contributed by atoms with Gasteiger partial charge >= 0.3 is 26.2 Å². The molecule has 0 nitrogen and oxygen atoms in total. The molecule has 3 heteroatoms. The van der Waals surface area contributed by atoms with E-state index in [2.05, 4.69) is 51.0 Å². The molecule has 0 spiro atoms. The van der Waals surface area contributed by atoms with Crippen LogP contribution in [0, 0.1) is 24.7 Å². The summed E-state index contributed by atoms with van der Waals surface area (Å²) < 4.78 is 0. The standard InChI is InChI=1S/2C10H13.2HI.Zr/c2*1-8-5-6-9-3-2-4-10(9)7-8;;;/h2*3,5-6,10H,2,4,7H2,1H3;2*1H;/q2*-1;;;+4/p-2. The van der Waals surface area contributed by atoms with Gasteiger partial charge in [0.25, 0.3) is 0 Å². The number of allylic oxidation sites excluding steroid dienone is 8. The third-order valence-corrected chi connectivity index (χ3v) is 4.99. The molecule has 2 saturated carbocycles. The van der Waals surface area contributed by atoms with Gasteiger partial charge in [-0.3, -0.25) is 0 Å². The van der Waals surface area contributed by atoms with E-state index in [0.717, 1.165) is 11.8 Å². The van der Waals surface area contributed by atoms with Gasteiger partial charge in [0.1, 0.15) is 0 Å². The molecule has 0 aromatic heterocycles. The summed E-state index contributed by atoms with van der Waals surface area (Å²) in [6, 6.07) is 0. The second kappa shape index (κ2) is 11.6. The minimum absolute atomic E-state index is 0. The van der Waals surface area contributed by atoms with Crippen LogP contribution >= 0.6 is 0 Å². The van der Waals surface area contributed by atoms with Crippen molar-refractivity contribution in [2.75, 3.05) is 0 Å². The average molecular weight is 611 g/mol. The molecule has 0 aliphatic heterocycles. The van der Waals surface area contributed by atoms with Gasteiger partial charge in [0.2, 0.25) is 0 Å². The van der Waals surface area contributed by atoms with Crippen molar-refractivity contribution in [3.63, 3.8) is 0 Å². The van der Waals surface area contributed by atoms with Crippen LogP contribution in [0.4, 0.5) is 0 Å². The number of hydrogen-bond donors (Lipinski definition) is 0. The molecule has 23 heavy (non-hydrogen) atoms. The maximum atomic E-state index is 2.38. The fraction of sp³-hybridized carbons (Fsp3) is 0.500. The smallest absolute Gasteiger partial charge is 1.00 e. The molecule has 0 heterocycles. The third-order valence-electron chi connectivity index (χ3n) is 4.99. The van der Waals surface area contributed by atoms with Gasteiger partial charge in [0.05, 0.1) is 0 Å². The maximum absolute atomic E-state index is 2.38. The SMILES string of the molecule is CC1=CC=C2[CH-]CCC2C1.CC1=CC=C2[CH-]CCC2C1.[I-].[I-].[Zr+4]. The normalized spacial score (nSPS) is 26.3. The Morgan fingerprint density at radius 1 is 0.739 bits per heavy atom. The Kier molecular flexibility index (Phi) is 12.1. The Bertz CT molecular complexity index is 454. The summed E-state index contributed by atoms with van der Waals surface area (Å²) in [4.78, 5) is 0. The Morgan fingerprint density at radius 2 is 1.13 bits per heavy atom. The van der Waals surface area contributed by atoms with E-state index in [4.69, 9.17) is 0 Å². The van der Waals surface area contributed by atoms with Crippen molar-refractivity contribution in [1.82, 2.24) is 0 Å². The van der Waals surface area contributed by atoms with Gasteiger partial charge in [0, 0.05) is 0 Å². The van der Waals surface area contributed by atoms with Crippen molar-refractivity contribution in [1.29, 1.82) is 0 Å². The molecule has 0 amide bonds. The minimum atomic E-state index is 0. The summed E-state index contributed by atoms with van der Waals surface area (Å²) in [5, 5.41) is 0. The van der Waals surface area contributed by atoms with Crippen molar-refractivity contribution in [3.05, 3.63) is 59.4 Å². The van der Waals surface area contributed by atoms with E-state index in [-0.39, 0.29) is 74.2 Å². The van der Waals surface area contributed by atoms with Crippen LogP contribution in [-0.4, -0.2) is 0 Å². The topological polar surface area (TPSA) is 0 Å². The van der Waals surface area contributed by atoms with Crippen LogP contribution in [0.2, 0.25) is 0 Å². The monoisotopic (exact) mass is 610 g/mol. The zero-order valence-electron chi connectivity index (χ0n) is 14.1. The van der Waals surface area contributed by atoms with Crippen LogP contribution in [-0.2, 0) is 26.2 Å². The minimum Gasteiger partial charge on any atom is -1.00 e. The Labute approximate surface area is 195 Å². The molecule has 124 valence electrons. The molecule has 4 aliphatic carbocycles. The van der Waals surface area contributed by atoms with Crippen molar-refractivity contribution in [2.45, 2.75) is 52.4 Å². The molecule has 0 bridgehead atoms. The van der Waals surface area contributed by atoms with Crippen LogP contribution in [0.1, 0.15) is 52.4 Å². The van der Waals surface area contributed by atoms with Gasteiger partial charge in [0.15, 0.2) is 0 Å². The van der Waals surface area contributed by atoms with Crippen molar-refractivity contribution >= 4 is 0 Å². The number of fused-ring (bicyclic) bond motifs is 2. The molecule has 4 aliphatic rings. The molecule has 4 rings (SSSR count). The molecule has 2 fully saturated rings. The number of halogens is 2. The largest absolute Gasteiger partial charge is 4.00 e. The van der Waals surface area contributed by atoms with Crippen molar-refractivity contribution < 1.29 is 74.2 Å². The van der Waals surface area contributed by atoms with Crippen molar-refractivity contribution in [3.8, 4) is 0 Å². The van der Waals surface area contributed by atoms with Gasteiger partial charge in [-0.25, -0.2) is 36.1 Å². The Balaban J connectivity index is 0.000000372. The maximum Gasteiger partial charge on any atom is 4.00 e. The molecule has 0 radical (unpaired) electrons. The second-order valence-electron chi connectivity index (χ2n) is 6.72. The van der Waals surface area contributed by atoms with E-state index in [1.54, 1.807) is 22.3 Å². The molecule has 2 unspecified atom stereocenters. The Morgan fingerprint density at radius 3 is 1.52 bits per heavy atom. The molecular formula is C20H26I2Zr. The summed E-state index contributed by atoms with van der Waals surface area (Å²) >= 11 is 0. The zero-order valence-corrected chi connectivity index (χ0v) is 20.9. The molecule has 2 atom stereocenters. The first-order valence-corrected chi connectivity index (χ1v) is 8.13. The quantitative estimate of drug-likeness (QED) is 0.262. The molecule has 0 N–H and O–H groups in total. The molecule has 0 saturated heterocycles. The predicted molar refractivity (Wildman–Crippen MR) is 87.0 cm³/mol. The van der Waals surface area contributed by atoms with Gasteiger partial charge < -0.3 is 48.0 Å². The van der Waals surface area contributed by atoms with E-state index >= 15 is 0 Å². The van der Waals surface area contributed by atoms with E-state index in [0.29, 0.717) is 0 Å². The van der Waals surface area contributed by atoms with Gasteiger partial charge in [-0.1, -0.05) is 24.0 Å². The van der Waals surface area contributed by atoms with E-state index in [1.807, 2.05) is 0 Å². The van der Waals surface area contributed by atoms with E-state index in [1.165, 1.54) is 38.5 Å². The first kappa shape index (κ1) is 24.0. The summed E-state index contributed by atoms with van der Waals surface area (Å²) in [5.74, 6) is 1.76. The Hall–Kier alpha value is 1.04.